The van der Waals surface area contributed by atoms with Crippen LogP contribution in [0.5, 0.6) is 11.5 Å². The van der Waals surface area contributed by atoms with Crippen molar-refractivity contribution < 1.29 is 14.3 Å². The van der Waals surface area contributed by atoms with Crippen molar-refractivity contribution in [2.75, 3.05) is 6.61 Å². The van der Waals surface area contributed by atoms with Gasteiger partial charge in [-0.25, -0.2) is 5.43 Å². The minimum absolute atomic E-state index is 0.177. The SMILES string of the molecule is C=C(C)[C@@H]1CC=C(C)C(=NNC(=O)[C@H]2COc3ccccc3O2)C1. The molecule has 0 saturated heterocycles. The molecule has 2 aliphatic rings. The molecule has 0 fully saturated rings. The highest BCUT2D eigenvalue weighted by Crippen LogP contribution is 2.31. The van der Waals surface area contributed by atoms with Crippen molar-refractivity contribution in [2.24, 2.45) is 11.0 Å². The zero-order valence-electron chi connectivity index (χ0n) is 14.0. The highest BCUT2D eigenvalue weighted by atomic mass is 16.6. The summed E-state index contributed by atoms with van der Waals surface area (Å²) in [7, 11) is 0. The van der Waals surface area contributed by atoms with Crippen LogP contribution in [-0.4, -0.2) is 24.3 Å². The third-order valence-electron chi connectivity index (χ3n) is 4.40. The first-order chi connectivity index (χ1) is 11.5. The van der Waals surface area contributed by atoms with Crippen LogP contribution < -0.4 is 14.9 Å². The van der Waals surface area contributed by atoms with Gasteiger partial charge in [0, 0.05) is 0 Å². The zero-order chi connectivity index (χ0) is 17.1. The lowest BCUT2D eigenvalue weighted by Crippen LogP contribution is -2.42. The fourth-order valence-corrected chi connectivity index (χ4v) is 2.77. The molecular formula is C19H22N2O3. The van der Waals surface area contributed by atoms with Crippen molar-refractivity contribution >= 4 is 11.6 Å². The van der Waals surface area contributed by atoms with E-state index in [2.05, 4.69) is 23.2 Å². The number of nitrogens with zero attached hydrogens (tertiary/aromatic N) is 1. The number of benzene rings is 1. The predicted molar refractivity (Wildman–Crippen MR) is 93.2 cm³/mol. The van der Waals surface area contributed by atoms with Gasteiger partial charge in [-0.05, 0) is 50.3 Å². The number of nitrogens with one attached hydrogen (secondary N) is 1. The molecule has 1 aromatic carbocycles. The Morgan fingerprint density at radius 1 is 1.33 bits per heavy atom. The maximum absolute atomic E-state index is 12.3. The molecule has 126 valence electrons. The van der Waals surface area contributed by atoms with Gasteiger partial charge in [0.2, 0.25) is 6.10 Å². The van der Waals surface area contributed by atoms with Gasteiger partial charge in [0.15, 0.2) is 11.5 Å². The molecular weight excluding hydrogens is 304 g/mol. The molecule has 1 amide bonds. The van der Waals surface area contributed by atoms with Gasteiger partial charge in [-0.1, -0.05) is 30.4 Å². The molecule has 0 aromatic heterocycles. The third-order valence-corrected chi connectivity index (χ3v) is 4.40. The Labute approximate surface area is 142 Å². The van der Waals surface area contributed by atoms with Crippen LogP contribution >= 0.6 is 0 Å². The van der Waals surface area contributed by atoms with E-state index in [0.29, 0.717) is 17.4 Å². The second kappa shape index (κ2) is 6.91. The second-order valence-electron chi connectivity index (χ2n) is 6.27. The highest BCUT2D eigenvalue weighted by molar-refractivity contribution is 6.01. The molecule has 1 aliphatic heterocycles. The number of hydrazone groups is 1. The Bertz CT molecular complexity index is 721. The molecule has 0 bridgehead atoms. The van der Waals surface area contributed by atoms with Crippen LogP contribution in [0.3, 0.4) is 0 Å². The highest BCUT2D eigenvalue weighted by Gasteiger charge is 2.27. The van der Waals surface area contributed by atoms with E-state index in [1.807, 2.05) is 32.0 Å². The summed E-state index contributed by atoms with van der Waals surface area (Å²) < 4.78 is 11.2. The maximum atomic E-state index is 12.3. The summed E-state index contributed by atoms with van der Waals surface area (Å²) in [6, 6.07) is 7.31. The van der Waals surface area contributed by atoms with E-state index in [0.717, 1.165) is 29.7 Å². The molecule has 1 N–H and O–H groups in total. The average molecular weight is 326 g/mol. The normalized spacial score (nSPS) is 24.2. The summed E-state index contributed by atoms with van der Waals surface area (Å²) in [4.78, 5) is 12.3. The fourth-order valence-electron chi connectivity index (χ4n) is 2.77. The molecule has 0 unspecified atom stereocenters. The molecule has 0 spiro atoms. The fraction of sp³-hybridized carbons (Fsp3) is 0.368. The minimum Gasteiger partial charge on any atom is -0.485 e. The summed E-state index contributed by atoms with van der Waals surface area (Å²) >= 11 is 0. The molecule has 1 heterocycles. The maximum Gasteiger partial charge on any atom is 0.284 e. The van der Waals surface area contributed by atoms with Crippen molar-refractivity contribution in [1.82, 2.24) is 5.43 Å². The topological polar surface area (TPSA) is 59.9 Å². The van der Waals surface area contributed by atoms with Crippen molar-refractivity contribution in [3.63, 3.8) is 0 Å². The number of hydrogen-bond donors (Lipinski definition) is 1. The first-order valence-corrected chi connectivity index (χ1v) is 8.12. The van der Waals surface area contributed by atoms with Crippen molar-refractivity contribution in [2.45, 2.75) is 32.8 Å². The van der Waals surface area contributed by atoms with E-state index >= 15 is 0 Å². The van der Waals surface area contributed by atoms with Crippen LogP contribution in [0.25, 0.3) is 0 Å². The van der Waals surface area contributed by atoms with Crippen LogP contribution in [0.15, 0.2) is 53.2 Å². The van der Waals surface area contributed by atoms with E-state index in [9.17, 15) is 4.79 Å². The number of carbonyl (C=O) groups is 1. The van der Waals surface area contributed by atoms with Gasteiger partial charge in [0.05, 0.1) is 5.71 Å². The lowest BCUT2D eigenvalue weighted by Gasteiger charge is -2.25. The number of hydrogen-bond acceptors (Lipinski definition) is 4. The predicted octanol–water partition coefficient (Wildman–Crippen LogP) is 3.23. The van der Waals surface area contributed by atoms with Crippen molar-refractivity contribution in [3.8, 4) is 11.5 Å². The first kappa shape index (κ1) is 16.3. The molecule has 0 radical (unpaired) electrons. The Morgan fingerprint density at radius 2 is 2.08 bits per heavy atom. The number of carbonyl (C=O) groups excluding carboxylic acids is 1. The lowest BCUT2D eigenvalue weighted by molar-refractivity contribution is -0.130. The van der Waals surface area contributed by atoms with Gasteiger partial charge >= 0.3 is 0 Å². The van der Waals surface area contributed by atoms with Gasteiger partial charge in [-0.2, -0.15) is 5.10 Å². The van der Waals surface area contributed by atoms with Crippen LogP contribution in [0, 0.1) is 5.92 Å². The number of rotatable bonds is 3. The number of amides is 1. The molecule has 5 nitrogen and oxygen atoms in total. The number of ether oxygens (including phenoxy) is 2. The zero-order valence-corrected chi connectivity index (χ0v) is 14.0. The summed E-state index contributed by atoms with van der Waals surface area (Å²) in [5, 5.41) is 4.30. The Morgan fingerprint density at radius 3 is 2.83 bits per heavy atom. The quantitative estimate of drug-likeness (QED) is 0.685. The summed E-state index contributed by atoms with van der Waals surface area (Å²) in [5.74, 6) is 1.31. The smallest absolute Gasteiger partial charge is 0.284 e. The van der Waals surface area contributed by atoms with Gasteiger partial charge < -0.3 is 9.47 Å². The number of allylic oxidation sites excluding steroid dienone is 3. The standard InChI is InChI=1S/C19H22N2O3/c1-12(2)14-9-8-13(3)15(10-14)20-21-19(22)18-11-23-16-6-4-5-7-17(16)24-18/h4-8,14,18H,1,9-11H2,2-3H3,(H,21,22)/t14-,18-/m1/s1. The molecule has 5 heteroatoms. The van der Waals surface area contributed by atoms with E-state index in [-0.39, 0.29) is 12.5 Å². The van der Waals surface area contributed by atoms with Crippen LogP contribution in [0.4, 0.5) is 0 Å². The summed E-state index contributed by atoms with van der Waals surface area (Å²) in [6.07, 6.45) is 3.21. The van der Waals surface area contributed by atoms with Crippen molar-refractivity contribution in [1.29, 1.82) is 0 Å². The van der Waals surface area contributed by atoms with Gasteiger partial charge in [0.1, 0.15) is 6.61 Å². The largest absolute Gasteiger partial charge is 0.485 e. The van der Waals surface area contributed by atoms with Crippen LogP contribution in [-0.2, 0) is 4.79 Å². The van der Waals surface area contributed by atoms with Crippen LogP contribution in [0.1, 0.15) is 26.7 Å². The molecule has 0 saturated carbocycles. The Kier molecular flexibility index (Phi) is 4.69. The molecule has 1 aromatic rings. The number of fused-ring (bicyclic) bond motifs is 1. The summed E-state index contributed by atoms with van der Waals surface area (Å²) in [5.41, 5.74) is 5.74. The monoisotopic (exact) mass is 326 g/mol. The average Bonchev–Trinajstić information content (AvgIpc) is 2.60. The Balaban J connectivity index is 1.64. The van der Waals surface area contributed by atoms with Crippen molar-refractivity contribution in [3.05, 3.63) is 48.1 Å². The molecule has 2 atom stereocenters. The van der Waals surface area contributed by atoms with E-state index in [1.54, 1.807) is 6.07 Å². The number of para-hydroxylation sites is 2. The van der Waals surface area contributed by atoms with E-state index < -0.39 is 6.10 Å². The summed E-state index contributed by atoms with van der Waals surface area (Å²) in [6.45, 7) is 8.24. The minimum atomic E-state index is -0.700. The molecule has 24 heavy (non-hydrogen) atoms. The molecule has 3 rings (SSSR count). The second-order valence-corrected chi connectivity index (χ2v) is 6.27. The van der Waals surface area contributed by atoms with E-state index in [1.165, 1.54) is 0 Å². The van der Waals surface area contributed by atoms with E-state index in [4.69, 9.17) is 9.47 Å². The van der Waals surface area contributed by atoms with Gasteiger partial charge in [-0.3, -0.25) is 4.79 Å². The van der Waals surface area contributed by atoms with Gasteiger partial charge in [0.25, 0.3) is 5.91 Å². The lowest BCUT2D eigenvalue weighted by atomic mass is 9.85. The molecule has 1 aliphatic carbocycles. The third kappa shape index (κ3) is 3.50. The first-order valence-electron chi connectivity index (χ1n) is 8.12. The van der Waals surface area contributed by atoms with Gasteiger partial charge in [-0.15, -0.1) is 0 Å². The van der Waals surface area contributed by atoms with Crippen LogP contribution in [0.2, 0.25) is 0 Å². The Hall–Kier alpha value is -2.56.